The number of pyridine rings is 1. The number of ether oxygens (including phenoxy) is 3. The Bertz CT molecular complexity index is 1860. The zero-order valence-corrected chi connectivity index (χ0v) is 24.7. The standard InChI is InChI=1S/C36H30N2O7/c1-23-33(44-21-24-16-18-28(42-2)19-17-24)30(39)20-27(22-43-31-15-9-14-29-32(31)36(41)37-35(29)40)38(23)45-34(25-10-5-3-6-11-25)26-12-7-4-8-13-26/h3-20,34H,21-22H2,1-2H3,(H,37,40,41). The summed E-state index contributed by atoms with van der Waals surface area (Å²) >= 11 is 0. The highest BCUT2D eigenvalue weighted by Gasteiger charge is 2.30. The number of amides is 2. The number of carbonyl (C=O) groups excluding carboxylic acids is 2. The van der Waals surface area contributed by atoms with Gasteiger partial charge in [0.25, 0.3) is 11.8 Å². The van der Waals surface area contributed by atoms with Crippen LogP contribution in [0.2, 0.25) is 0 Å². The van der Waals surface area contributed by atoms with E-state index in [1.807, 2.05) is 84.9 Å². The third-order valence-corrected chi connectivity index (χ3v) is 7.47. The van der Waals surface area contributed by atoms with E-state index in [4.69, 9.17) is 19.0 Å². The molecule has 9 nitrogen and oxygen atoms in total. The van der Waals surface area contributed by atoms with Crippen LogP contribution in [-0.4, -0.2) is 23.7 Å². The molecule has 1 aromatic heterocycles. The number of methoxy groups -OCH3 is 1. The van der Waals surface area contributed by atoms with Gasteiger partial charge in [0.2, 0.25) is 5.43 Å². The van der Waals surface area contributed by atoms with E-state index in [2.05, 4.69) is 5.32 Å². The van der Waals surface area contributed by atoms with Crippen molar-refractivity contribution >= 4 is 11.8 Å². The molecule has 1 aliphatic rings. The first-order chi connectivity index (χ1) is 21.9. The van der Waals surface area contributed by atoms with Crippen LogP contribution in [0.4, 0.5) is 0 Å². The lowest BCUT2D eigenvalue weighted by Gasteiger charge is -2.26. The lowest BCUT2D eigenvalue weighted by atomic mass is 10.0. The van der Waals surface area contributed by atoms with Gasteiger partial charge in [0, 0.05) is 6.07 Å². The Hall–Kier alpha value is -5.83. The zero-order chi connectivity index (χ0) is 31.3. The number of carbonyl (C=O) groups is 2. The average Bonchev–Trinajstić information content (AvgIpc) is 3.37. The molecule has 6 rings (SSSR count). The fourth-order valence-corrected chi connectivity index (χ4v) is 5.20. The van der Waals surface area contributed by atoms with Gasteiger partial charge in [-0.05, 0) is 47.9 Å². The van der Waals surface area contributed by atoms with E-state index >= 15 is 0 Å². The predicted molar refractivity (Wildman–Crippen MR) is 167 cm³/mol. The van der Waals surface area contributed by atoms with Gasteiger partial charge in [-0.25, -0.2) is 0 Å². The summed E-state index contributed by atoms with van der Waals surface area (Å²) in [6.45, 7) is 1.76. The van der Waals surface area contributed by atoms with E-state index in [1.165, 1.54) is 6.07 Å². The molecule has 1 aliphatic heterocycles. The van der Waals surface area contributed by atoms with Crippen LogP contribution in [0.15, 0.2) is 114 Å². The van der Waals surface area contributed by atoms with Gasteiger partial charge in [0.15, 0.2) is 11.9 Å². The highest BCUT2D eigenvalue weighted by atomic mass is 16.7. The summed E-state index contributed by atoms with van der Waals surface area (Å²) in [6.07, 6.45) is -0.550. The summed E-state index contributed by atoms with van der Waals surface area (Å²) < 4.78 is 18.9. The smallest absolute Gasteiger partial charge is 0.262 e. The van der Waals surface area contributed by atoms with Gasteiger partial charge in [-0.15, -0.1) is 0 Å². The molecule has 0 unspecified atom stereocenters. The van der Waals surface area contributed by atoms with Crippen LogP contribution in [0.1, 0.15) is 54.9 Å². The topological polar surface area (TPSA) is 105 Å². The summed E-state index contributed by atoms with van der Waals surface area (Å²) in [7, 11) is 1.60. The minimum absolute atomic E-state index is 0.125. The van der Waals surface area contributed by atoms with Crippen LogP contribution in [0.3, 0.4) is 0 Å². The van der Waals surface area contributed by atoms with E-state index < -0.39 is 17.9 Å². The van der Waals surface area contributed by atoms with Gasteiger partial charge in [-0.2, -0.15) is 4.73 Å². The summed E-state index contributed by atoms with van der Waals surface area (Å²) in [4.78, 5) is 44.9. The number of imide groups is 1. The molecule has 0 fully saturated rings. The van der Waals surface area contributed by atoms with Gasteiger partial charge >= 0.3 is 0 Å². The second-order valence-corrected chi connectivity index (χ2v) is 10.4. The maximum atomic E-state index is 13.5. The van der Waals surface area contributed by atoms with Gasteiger partial charge in [-0.3, -0.25) is 19.7 Å². The number of nitrogens with one attached hydrogen (secondary N) is 1. The highest BCUT2D eigenvalue weighted by Crippen LogP contribution is 2.29. The van der Waals surface area contributed by atoms with Crippen LogP contribution in [0.5, 0.6) is 17.2 Å². The molecule has 1 N–H and O–H groups in total. The van der Waals surface area contributed by atoms with Crippen LogP contribution in [0, 0.1) is 6.92 Å². The van der Waals surface area contributed by atoms with E-state index in [0.29, 0.717) is 17.1 Å². The predicted octanol–water partition coefficient (Wildman–Crippen LogP) is 5.43. The lowest BCUT2D eigenvalue weighted by molar-refractivity contribution is 0.0420. The molecule has 4 aromatic carbocycles. The van der Waals surface area contributed by atoms with Crippen LogP contribution in [0.25, 0.3) is 0 Å². The lowest BCUT2D eigenvalue weighted by Crippen LogP contribution is -2.28. The second-order valence-electron chi connectivity index (χ2n) is 10.4. The molecule has 0 aliphatic carbocycles. The average molecular weight is 603 g/mol. The molecule has 2 amide bonds. The Morgan fingerprint density at radius 2 is 1.40 bits per heavy atom. The molecule has 0 atom stereocenters. The molecule has 9 heteroatoms. The Balaban J connectivity index is 1.39. The van der Waals surface area contributed by atoms with Crippen LogP contribution in [-0.2, 0) is 13.2 Å². The molecular formula is C36H30N2O7. The fourth-order valence-electron chi connectivity index (χ4n) is 5.20. The molecule has 45 heavy (non-hydrogen) atoms. The molecular weight excluding hydrogens is 572 g/mol. The first-order valence-corrected chi connectivity index (χ1v) is 14.3. The number of aromatic nitrogens is 1. The quantitative estimate of drug-likeness (QED) is 0.201. The molecule has 2 heterocycles. The van der Waals surface area contributed by atoms with Crippen molar-refractivity contribution in [2.45, 2.75) is 26.2 Å². The van der Waals surface area contributed by atoms with E-state index in [1.54, 1.807) is 37.0 Å². The van der Waals surface area contributed by atoms with Crippen molar-refractivity contribution in [3.8, 4) is 17.2 Å². The Morgan fingerprint density at radius 1 is 0.733 bits per heavy atom. The van der Waals surface area contributed by atoms with Crippen molar-refractivity contribution in [2.24, 2.45) is 0 Å². The monoisotopic (exact) mass is 602 g/mol. The Morgan fingerprint density at radius 3 is 2.04 bits per heavy atom. The van der Waals surface area contributed by atoms with Crippen molar-refractivity contribution in [3.63, 3.8) is 0 Å². The maximum absolute atomic E-state index is 13.5. The number of nitrogens with zero attached hydrogens (tertiary/aromatic N) is 1. The summed E-state index contributed by atoms with van der Waals surface area (Å²) in [5.41, 5.74) is 3.48. The first kappa shape index (κ1) is 29.3. The molecule has 226 valence electrons. The van der Waals surface area contributed by atoms with Crippen molar-refractivity contribution in [3.05, 3.63) is 159 Å². The second kappa shape index (κ2) is 12.8. The largest absolute Gasteiger partial charge is 0.497 e. The van der Waals surface area contributed by atoms with Gasteiger partial charge in [0.05, 0.1) is 23.9 Å². The van der Waals surface area contributed by atoms with Crippen molar-refractivity contribution in [1.29, 1.82) is 0 Å². The molecule has 0 saturated carbocycles. The number of hydrogen-bond acceptors (Lipinski definition) is 7. The Kier molecular flexibility index (Phi) is 8.32. The van der Waals surface area contributed by atoms with E-state index in [0.717, 1.165) is 16.7 Å². The minimum atomic E-state index is -0.550. The van der Waals surface area contributed by atoms with Crippen molar-refractivity contribution in [1.82, 2.24) is 10.0 Å². The summed E-state index contributed by atoms with van der Waals surface area (Å²) in [5, 5.41) is 2.29. The van der Waals surface area contributed by atoms with Crippen LogP contribution < -0.4 is 29.8 Å². The van der Waals surface area contributed by atoms with Gasteiger partial charge in [0.1, 0.15) is 30.4 Å². The molecule has 0 radical (unpaired) electrons. The van der Waals surface area contributed by atoms with Gasteiger partial charge < -0.3 is 19.0 Å². The minimum Gasteiger partial charge on any atom is -0.497 e. The van der Waals surface area contributed by atoms with Crippen molar-refractivity contribution < 1.29 is 28.6 Å². The molecule has 0 saturated heterocycles. The van der Waals surface area contributed by atoms with Gasteiger partial charge in [-0.1, -0.05) is 78.9 Å². The SMILES string of the molecule is COc1ccc(COc2c(C)n(OC(c3ccccc3)c3ccccc3)c(COc3cccc4c3C(=O)NC4=O)cc2=O)cc1. The normalized spacial score (nSPS) is 12.1. The summed E-state index contributed by atoms with van der Waals surface area (Å²) in [6, 6.07) is 33.1. The summed E-state index contributed by atoms with van der Waals surface area (Å²) in [5.74, 6) is 0.0400. The number of hydrogen-bond donors (Lipinski definition) is 1. The fraction of sp³-hybridized carbons (Fsp3) is 0.139. The zero-order valence-electron chi connectivity index (χ0n) is 24.7. The molecule has 0 bridgehead atoms. The third-order valence-electron chi connectivity index (χ3n) is 7.47. The third kappa shape index (κ3) is 6.14. The molecule has 5 aromatic rings. The van der Waals surface area contributed by atoms with Crippen LogP contribution >= 0.6 is 0 Å². The first-order valence-electron chi connectivity index (χ1n) is 14.3. The van der Waals surface area contributed by atoms with E-state index in [9.17, 15) is 14.4 Å². The molecule has 0 spiro atoms. The number of rotatable bonds is 11. The maximum Gasteiger partial charge on any atom is 0.262 e. The highest BCUT2D eigenvalue weighted by molar-refractivity contribution is 6.22. The number of benzene rings is 4. The van der Waals surface area contributed by atoms with E-state index in [-0.39, 0.29) is 41.3 Å². The van der Waals surface area contributed by atoms with Crippen molar-refractivity contribution in [2.75, 3.05) is 7.11 Å². The Labute approximate surface area is 259 Å². The number of fused-ring (bicyclic) bond motifs is 1.